The summed E-state index contributed by atoms with van der Waals surface area (Å²) in [6.07, 6.45) is -1.47. The van der Waals surface area contributed by atoms with E-state index in [2.05, 4.69) is 4.98 Å². The van der Waals surface area contributed by atoms with E-state index in [1.807, 2.05) is 0 Å². The number of nitrogens with zero attached hydrogens (tertiary/aromatic N) is 1. The van der Waals surface area contributed by atoms with Gasteiger partial charge in [-0.2, -0.15) is 0 Å². The maximum Gasteiger partial charge on any atom is 0.266 e. The van der Waals surface area contributed by atoms with Crippen molar-refractivity contribution in [2.45, 2.75) is 13.0 Å². The number of nitrogen functional groups attached to an aromatic ring is 1. The van der Waals surface area contributed by atoms with Crippen LogP contribution in [-0.4, -0.2) is 4.98 Å². The van der Waals surface area contributed by atoms with Crippen LogP contribution in [0.5, 0.6) is 0 Å². The van der Waals surface area contributed by atoms with Crippen molar-refractivity contribution in [2.75, 3.05) is 5.73 Å². The van der Waals surface area contributed by atoms with Gasteiger partial charge in [-0.3, -0.25) is 0 Å². The molecule has 0 amide bonds. The summed E-state index contributed by atoms with van der Waals surface area (Å²) in [5.41, 5.74) is 10.3. The zero-order chi connectivity index (χ0) is 10.0. The van der Waals surface area contributed by atoms with Gasteiger partial charge in [0.1, 0.15) is 0 Å². The largest absolute Gasteiger partial charge is 0.396 e. The van der Waals surface area contributed by atoms with E-state index in [0.717, 1.165) is 0 Å². The molecule has 72 valence electrons. The van der Waals surface area contributed by atoms with E-state index in [0.29, 0.717) is 0 Å². The molecule has 13 heavy (non-hydrogen) atoms. The molecule has 0 aromatic carbocycles. The minimum absolute atomic E-state index is 0.0337. The first-order chi connectivity index (χ1) is 6.07. The van der Waals surface area contributed by atoms with Crippen molar-refractivity contribution in [1.29, 1.82) is 0 Å². The molecule has 0 atom stereocenters. The highest BCUT2D eigenvalue weighted by Crippen LogP contribution is 2.31. The molecule has 6 heteroatoms. The summed E-state index contributed by atoms with van der Waals surface area (Å²) in [4.78, 5) is 3.62. The predicted octanol–water partition coefficient (Wildman–Crippen LogP) is 1.71. The van der Waals surface area contributed by atoms with E-state index in [4.69, 9.17) is 23.1 Å². The van der Waals surface area contributed by atoms with Crippen LogP contribution in [-0.2, 0) is 6.54 Å². The van der Waals surface area contributed by atoms with Crippen LogP contribution in [0.25, 0.3) is 0 Å². The van der Waals surface area contributed by atoms with Gasteiger partial charge in [-0.15, -0.1) is 0 Å². The topological polar surface area (TPSA) is 64.9 Å². The van der Waals surface area contributed by atoms with Crippen molar-refractivity contribution < 1.29 is 8.78 Å². The van der Waals surface area contributed by atoms with Crippen LogP contribution >= 0.6 is 11.6 Å². The normalized spacial score (nSPS) is 10.8. The molecule has 1 aromatic heterocycles. The van der Waals surface area contributed by atoms with Crippen LogP contribution < -0.4 is 11.5 Å². The Labute approximate surface area is 78.7 Å². The molecule has 0 aliphatic heterocycles. The minimum atomic E-state index is -2.68. The van der Waals surface area contributed by atoms with E-state index in [-0.39, 0.29) is 28.5 Å². The zero-order valence-corrected chi connectivity index (χ0v) is 7.35. The van der Waals surface area contributed by atoms with Crippen molar-refractivity contribution in [1.82, 2.24) is 4.98 Å². The molecule has 0 unspecified atom stereocenters. The van der Waals surface area contributed by atoms with Gasteiger partial charge in [-0.05, 0) is 5.56 Å². The Morgan fingerprint density at radius 1 is 1.54 bits per heavy atom. The Morgan fingerprint density at radius 2 is 2.15 bits per heavy atom. The minimum Gasteiger partial charge on any atom is -0.396 e. The number of hydrogen-bond donors (Lipinski definition) is 2. The van der Waals surface area contributed by atoms with E-state index in [1.54, 1.807) is 0 Å². The van der Waals surface area contributed by atoms with E-state index in [1.165, 1.54) is 6.20 Å². The van der Waals surface area contributed by atoms with Gasteiger partial charge >= 0.3 is 0 Å². The van der Waals surface area contributed by atoms with Gasteiger partial charge in [0.05, 0.1) is 5.69 Å². The number of nitrogens with two attached hydrogens (primary N) is 2. The summed E-state index contributed by atoms with van der Waals surface area (Å²) in [7, 11) is 0. The maximum atomic E-state index is 12.4. The monoisotopic (exact) mass is 207 g/mol. The molecule has 1 aromatic rings. The number of halogens is 3. The third-order valence-corrected chi connectivity index (χ3v) is 1.93. The average molecular weight is 208 g/mol. The SMILES string of the molecule is NCc1cnc(Cl)c(N)c1C(F)F. The van der Waals surface area contributed by atoms with Gasteiger partial charge in [-0.25, -0.2) is 13.8 Å². The first-order valence-corrected chi connectivity index (χ1v) is 3.86. The fourth-order valence-electron chi connectivity index (χ4n) is 0.978. The van der Waals surface area contributed by atoms with Crippen LogP contribution in [0.4, 0.5) is 14.5 Å². The highest BCUT2D eigenvalue weighted by molar-refractivity contribution is 6.32. The molecule has 0 saturated heterocycles. The number of pyridine rings is 1. The first-order valence-electron chi connectivity index (χ1n) is 3.49. The standard InChI is InChI=1S/C7H8ClF2N3/c8-6-5(12)4(7(9)10)3(1-11)2-13-6/h2,7H,1,11-12H2. The molecule has 0 fully saturated rings. The van der Waals surface area contributed by atoms with Gasteiger partial charge in [0.2, 0.25) is 0 Å². The fourth-order valence-corrected chi connectivity index (χ4v) is 1.13. The third-order valence-electron chi connectivity index (χ3n) is 1.63. The summed E-state index contributed by atoms with van der Waals surface area (Å²) in [6, 6.07) is 0. The molecule has 0 aliphatic rings. The summed E-state index contributed by atoms with van der Waals surface area (Å²) in [6.45, 7) is -0.0337. The van der Waals surface area contributed by atoms with Crippen LogP contribution in [0.1, 0.15) is 17.6 Å². The van der Waals surface area contributed by atoms with Gasteiger partial charge in [0.25, 0.3) is 6.43 Å². The molecule has 1 heterocycles. The summed E-state index contributed by atoms with van der Waals surface area (Å²) < 4.78 is 24.9. The molecule has 0 saturated carbocycles. The first kappa shape index (κ1) is 10.1. The molecule has 0 spiro atoms. The summed E-state index contributed by atoms with van der Waals surface area (Å²) >= 11 is 5.48. The molecular weight excluding hydrogens is 200 g/mol. The lowest BCUT2D eigenvalue weighted by atomic mass is 10.1. The number of aromatic nitrogens is 1. The third kappa shape index (κ3) is 1.87. The van der Waals surface area contributed by atoms with Crippen molar-refractivity contribution in [3.63, 3.8) is 0 Å². The van der Waals surface area contributed by atoms with Crippen LogP contribution in [0.2, 0.25) is 5.15 Å². The number of anilines is 1. The quantitative estimate of drug-likeness (QED) is 0.726. The molecule has 0 aliphatic carbocycles. The highest BCUT2D eigenvalue weighted by atomic mass is 35.5. The second-order valence-corrected chi connectivity index (χ2v) is 2.76. The Kier molecular flexibility index (Phi) is 3.00. The lowest BCUT2D eigenvalue weighted by Gasteiger charge is -2.10. The molecule has 0 bridgehead atoms. The van der Waals surface area contributed by atoms with Crippen molar-refractivity contribution in [3.8, 4) is 0 Å². The van der Waals surface area contributed by atoms with E-state index >= 15 is 0 Å². The summed E-state index contributed by atoms with van der Waals surface area (Å²) in [5, 5.41) is -0.118. The molecular formula is C7H8ClF2N3. The number of hydrogen-bond acceptors (Lipinski definition) is 3. The lowest BCUT2D eigenvalue weighted by molar-refractivity contribution is 0.151. The van der Waals surface area contributed by atoms with Crippen molar-refractivity contribution in [3.05, 3.63) is 22.5 Å². The Bertz CT molecular complexity index is 317. The van der Waals surface area contributed by atoms with Crippen LogP contribution in [0.3, 0.4) is 0 Å². The number of alkyl halides is 2. The molecule has 4 N–H and O–H groups in total. The van der Waals surface area contributed by atoms with Crippen LogP contribution in [0, 0.1) is 0 Å². The van der Waals surface area contributed by atoms with Crippen molar-refractivity contribution >= 4 is 17.3 Å². The van der Waals surface area contributed by atoms with Crippen molar-refractivity contribution in [2.24, 2.45) is 5.73 Å². The van der Waals surface area contributed by atoms with Gasteiger partial charge < -0.3 is 11.5 Å². The van der Waals surface area contributed by atoms with Crippen LogP contribution in [0.15, 0.2) is 6.20 Å². The molecule has 3 nitrogen and oxygen atoms in total. The fraction of sp³-hybridized carbons (Fsp3) is 0.286. The van der Waals surface area contributed by atoms with Gasteiger partial charge in [-0.1, -0.05) is 11.6 Å². The van der Waals surface area contributed by atoms with Gasteiger partial charge in [0, 0.05) is 18.3 Å². The Hall–Kier alpha value is -0.940. The van der Waals surface area contributed by atoms with Gasteiger partial charge in [0.15, 0.2) is 5.15 Å². The second-order valence-electron chi connectivity index (χ2n) is 2.41. The second kappa shape index (κ2) is 3.85. The van der Waals surface area contributed by atoms with E-state index in [9.17, 15) is 8.78 Å². The predicted molar refractivity (Wildman–Crippen MR) is 46.5 cm³/mol. The highest BCUT2D eigenvalue weighted by Gasteiger charge is 2.18. The zero-order valence-electron chi connectivity index (χ0n) is 6.60. The summed E-state index contributed by atoms with van der Waals surface area (Å²) in [5.74, 6) is 0. The van der Waals surface area contributed by atoms with E-state index < -0.39 is 6.43 Å². The smallest absolute Gasteiger partial charge is 0.266 e. The average Bonchev–Trinajstić information content (AvgIpc) is 2.08. The Balaban J connectivity index is 3.32. The molecule has 0 radical (unpaired) electrons. The molecule has 1 rings (SSSR count). The lowest BCUT2D eigenvalue weighted by Crippen LogP contribution is -2.07. The Morgan fingerprint density at radius 3 is 2.62 bits per heavy atom. The maximum absolute atomic E-state index is 12.4. The number of rotatable bonds is 2.